The van der Waals surface area contributed by atoms with Gasteiger partial charge in [0.05, 0.1) is 18.6 Å². The quantitative estimate of drug-likeness (QED) is 0.562. The lowest BCUT2D eigenvalue weighted by Gasteiger charge is -2.06. The molecule has 0 saturated carbocycles. The largest absolute Gasteiger partial charge is 0.369 e. The molecule has 0 aromatic carbocycles. The van der Waals surface area contributed by atoms with E-state index in [2.05, 4.69) is 25.3 Å². The maximum absolute atomic E-state index is 11.7. The van der Waals surface area contributed by atoms with Crippen LogP contribution in [0.1, 0.15) is 23.8 Å². The van der Waals surface area contributed by atoms with Crippen molar-refractivity contribution in [2.75, 3.05) is 31.2 Å². The van der Waals surface area contributed by atoms with Gasteiger partial charge < -0.3 is 10.6 Å². The highest BCUT2D eigenvalue weighted by molar-refractivity contribution is 7.88. The number of sulfonamides is 1. The molecule has 112 valence electrons. The molecule has 3 N–H and O–H groups in total. The van der Waals surface area contributed by atoms with Gasteiger partial charge >= 0.3 is 0 Å². The number of nitrogens with zero attached hydrogens (tertiary/aromatic N) is 2. The van der Waals surface area contributed by atoms with E-state index in [1.165, 1.54) is 12.4 Å². The Morgan fingerprint density at radius 1 is 1.20 bits per heavy atom. The van der Waals surface area contributed by atoms with Crippen molar-refractivity contribution in [2.24, 2.45) is 0 Å². The van der Waals surface area contributed by atoms with Crippen LogP contribution < -0.4 is 15.4 Å². The van der Waals surface area contributed by atoms with Crippen molar-refractivity contribution in [3.05, 3.63) is 18.1 Å². The van der Waals surface area contributed by atoms with E-state index in [9.17, 15) is 13.2 Å². The molecule has 0 radical (unpaired) electrons. The van der Waals surface area contributed by atoms with E-state index in [1.54, 1.807) is 0 Å². The first-order valence-corrected chi connectivity index (χ1v) is 8.10. The minimum Gasteiger partial charge on any atom is -0.369 e. The number of hydrogen-bond donors (Lipinski definition) is 3. The van der Waals surface area contributed by atoms with Gasteiger partial charge in [0.2, 0.25) is 10.0 Å². The predicted molar refractivity (Wildman–Crippen MR) is 76.0 cm³/mol. The molecule has 0 fully saturated rings. The molecule has 0 bridgehead atoms. The van der Waals surface area contributed by atoms with Crippen molar-refractivity contribution >= 4 is 21.7 Å². The van der Waals surface area contributed by atoms with Crippen molar-refractivity contribution in [2.45, 2.75) is 13.3 Å². The van der Waals surface area contributed by atoms with Crippen LogP contribution >= 0.6 is 0 Å². The maximum atomic E-state index is 11.7. The lowest BCUT2D eigenvalue weighted by molar-refractivity contribution is 0.0949. The summed E-state index contributed by atoms with van der Waals surface area (Å²) in [4.78, 5) is 19.7. The summed E-state index contributed by atoms with van der Waals surface area (Å²) >= 11 is 0. The Morgan fingerprint density at radius 2 is 1.95 bits per heavy atom. The average Bonchev–Trinajstić information content (AvgIpc) is 2.40. The third-order valence-electron chi connectivity index (χ3n) is 2.22. The fraction of sp³-hybridized carbons (Fsp3) is 0.545. The lowest BCUT2D eigenvalue weighted by atomic mass is 10.4. The third-order valence-corrected chi connectivity index (χ3v) is 2.94. The Morgan fingerprint density at radius 3 is 2.50 bits per heavy atom. The molecule has 8 nitrogen and oxygen atoms in total. The van der Waals surface area contributed by atoms with Crippen LogP contribution in [0.3, 0.4) is 0 Å². The Bertz CT molecular complexity index is 529. The molecule has 1 rings (SSSR count). The SMILES string of the molecule is CCCNc1cnc(C(=O)NCCNS(C)(=O)=O)cn1. The molecule has 0 atom stereocenters. The Kier molecular flexibility index (Phi) is 6.32. The van der Waals surface area contributed by atoms with Crippen LogP contribution in [0.5, 0.6) is 0 Å². The molecular formula is C11H19N5O3S. The molecular weight excluding hydrogens is 282 g/mol. The molecule has 1 amide bonds. The molecule has 0 saturated heterocycles. The van der Waals surface area contributed by atoms with Crippen molar-refractivity contribution in [1.82, 2.24) is 20.0 Å². The van der Waals surface area contributed by atoms with Gasteiger partial charge in [-0.05, 0) is 6.42 Å². The van der Waals surface area contributed by atoms with Gasteiger partial charge in [0, 0.05) is 19.6 Å². The highest BCUT2D eigenvalue weighted by atomic mass is 32.2. The fourth-order valence-corrected chi connectivity index (χ4v) is 1.77. The standard InChI is InChI=1S/C11H19N5O3S/c1-3-4-12-10-8-14-9(7-15-10)11(17)13-5-6-16-20(2,18)19/h7-8,16H,3-6H2,1-2H3,(H,12,15)(H,13,17). The lowest BCUT2D eigenvalue weighted by Crippen LogP contribution is -2.34. The molecule has 0 spiro atoms. The van der Waals surface area contributed by atoms with Crippen molar-refractivity contribution < 1.29 is 13.2 Å². The second-order valence-corrected chi connectivity index (χ2v) is 5.97. The Balaban J connectivity index is 2.39. The number of hydrogen-bond acceptors (Lipinski definition) is 6. The Labute approximate surface area is 118 Å². The minimum absolute atomic E-state index is 0.133. The summed E-state index contributed by atoms with van der Waals surface area (Å²) in [6.45, 7) is 3.14. The summed E-state index contributed by atoms with van der Waals surface area (Å²) < 4.78 is 23.9. The van der Waals surface area contributed by atoms with Crippen LogP contribution in [0, 0.1) is 0 Å². The smallest absolute Gasteiger partial charge is 0.271 e. The van der Waals surface area contributed by atoms with E-state index < -0.39 is 15.9 Å². The molecule has 0 aliphatic heterocycles. The van der Waals surface area contributed by atoms with E-state index in [0.717, 1.165) is 19.2 Å². The number of rotatable bonds is 8. The summed E-state index contributed by atoms with van der Waals surface area (Å²) in [5, 5.41) is 5.59. The normalized spacial score (nSPS) is 11.1. The first-order valence-electron chi connectivity index (χ1n) is 6.21. The molecule has 1 aromatic heterocycles. The first kappa shape index (κ1) is 16.3. The van der Waals surface area contributed by atoms with Crippen LogP contribution in [0.25, 0.3) is 0 Å². The maximum Gasteiger partial charge on any atom is 0.271 e. The number of anilines is 1. The second kappa shape index (κ2) is 7.75. The first-order chi connectivity index (χ1) is 9.42. The molecule has 1 aromatic rings. The van der Waals surface area contributed by atoms with Gasteiger partial charge in [0.1, 0.15) is 11.5 Å². The van der Waals surface area contributed by atoms with Crippen LogP contribution in [0.15, 0.2) is 12.4 Å². The molecule has 1 heterocycles. The zero-order valence-corrected chi connectivity index (χ0v) is 12.3. The molecule has 9 heteroatoms. The van der Waals surface area contributed by atoms with Gasteiger partial charge in [-0.3, -0.25) is 4.79 Å². The topological polar surface area (TPSA) is 113 Å². The highest BCUT2D eigenvalue weighted by Gasteiger charge is 2.07. The summed E-state index contributed by atoms with van der Waals surface area (Å²) in [7, 11) is -3.24. The van der Waals surface area contributed by atoms with E-state index >= 15 is 0 Å². The minimum atomic E-state index is -3.24. The van der Waals surface area contributed by atoms with Gasteiger partial charge in [-0.25, -0.2) is 23.1 Å². The second-order valence-electron chi connectivity index (χ2n) is 4.14. The van der Waals surface area contributed by atoms with Gasteiger partial charge in [0.25, 0.3) is 5.91 Å². The Hall–Kier alpha value is -1.74. The van der Waals surface area contributed by atoms with Gasteiger partial charge in [-0.15, -0.1) is 0 Å². The summed E-state index contributed by atoms with van der Waals surface area (Å²) in [6, 6.07) is 0. The van der Waals surface area contributed by atoms with Gasteiger partial charge in [0.15, 0.2) is 0 Å². The van der Waals surface area contributed by atoms with E-state index in [-0.39, 0.29) is 18.8 Å². The van der Waals surface area contributed by atoms with Crippen molar-refractivity contribution in [3.8, 4) is 0 Å². The summed E-state index contributed by atoms with van der Waals surface area (Å²) in [5.74, 6) is 0.219. The van der Waals surface area contributed by atoms with E-state index in [1.807, 2.05) is 6.92 Å². The fourth-order valence-electron chi connectivity index (χ4n) is 1.29. The summed E-state index contributed by atoms with van der Waals surface area (Å²) in [5.41, 5.74) is 0.186. The number of nitrogens with one attached hydrogen (secondary N) is 3. The zero-order chi connectivity index (χ0) is 15.0. The number of carbonyl (C=O) groups is 1. The monoisotopic (exact) mass is 301 g/mol. The average molecular weight is 301 g/mol. The zero-order valence-electron chi connectivity index (χ0n) is 11.5. The molecule has 0 aliphatic rings. The number of amides is 1. The van der Waals surface area contributed by atoms with E-state index in [4.69, 9.17) is 0 Å². The van der Waals surface area contributed by atoms with Crippen molar-refractivity contribution in [3.63, 3.8) is 0 Å². The van der Waals surface area contributed by atoms with Crippen molar-refractivity contribution in [1.29, 1.82) is 0 Å². The van der Waals surface area contributed by atoms with Gasteiger partial charge in [-0.1, -0.05) is 6.92 Å². The van der Waals surface area contributed by atoms with E-state index in [0.29, 0.717) is 5.82 Å². The van der Waals surface area contributed by atoms with Crippen LogP contribution in [0.2, 0.25) is 0 Å². The molecule has 0 unspecified atom stereocenters. The third kappa shape index (κ3) is 6.43. The number of aromatic nitrogens is 2. The van der Waals surface area contributed by atoms with Crippen LogP contribution in [0.4, 0.5) is 5.82 Å². The summed E-state index contributed by atoms with van der Waals surface area (Å²) in [6.07, 6.45) is 4.89. The molecule has 20 heavy (non-hydrogen) atoms. The predicted octanol–water partition coefficient (Wildman–Crippen LogP) is -0.422. The number of carbonyl (C=O) groups excluding carboxylic acids is 1. The highest BCUT2D eigenvalue weighted by Crippen LogP contribution is 2.00. The van der Waals surface area contributed by atoms with Crippen LogP contribution in [-0.2, 0) is 10.0 Å². The van der Waals surface area contributed by atoms with Gasteiger partial charge in [-0.2, -0.15) is 0 Å². The van der Waals surface area contributed by atoms with Crippen LogP contribution in [-0.4, -0.2) is 50.2 Å². The molecule has 0 aliphatic carbocycles.